The van der Waals surface area contributed by atoms with Gasteiger partial charge in [-0.05, 0) is 36.4 Å². The van der Waals surface area contributed by atoms with Crippen LogP contribution in [0.3, 0.4) is 0 Å². The van der Waals surface area contributed by atoms with Crippen LogP contribution in [0.4, 0.5) is 5.69 Å². The molecule has 1 aliphatic rings. The average molecular weight is 310 g/mol. The summed E-state index contributed by atoms with van der Waals surface area (Å²) >= 11 is 0. The Labute approximate surface area is 134 Å². The van der Waals surface area contributed by atoms with Gasteiger partial charge in [0.05, 0.1) is 5.56 Å². The van der Waals surface area contributed by atoms with E-state index in [1.807, 2.05) is 47.4 Å². The third-order valence-electron chi connectivity index (χ3n) is 4.07. The zero-order valence-corrected chi connectivity index (χ0v) is 12.7. The van der Waals surface area contributed by atoms with Crippen molar-refractivity contribution in [1.29, 1.82) is 0 Å². The Morgan fingerprint density at radius 1 is 0.783 bits per heavy atom. The molecule has 0 radical (unpaired) electrons. The Balaban J connectivity index is 1.62. The predicted octanol–water partition coefficient (Wildman–Crippen LogP) is 2.35. The second kappa shape index (κ2) is 6.52. The van der Waals surface area contributed by atoms with Crippen LogP contribution in [0.2, 0.25) is 0 Å². The number of nitrogens with zero attached hydrogens (tertiary/aromatic N) is 2. The molecule has 0 aliphatic carbocycles. The van der Waals surface area contributed by atoms with E-state index in [4.69, 9.17) is 5.11 Å². The molecule has 5 heteroatoms. The maximum atomic E-state index is 12.4. The van der Waals surface area contributed by atoms with Crippen LogP contribution in [0.25, 0.3) is 0 Å². The maximum Gasteiger partial charge on any atom is 0.335 e. The van der Waals surface area contributed by atoms with Crippen LogP contribution in [0.15, 0.2) is 54.6 Å². The fraction of sp³-hybridized carbons (Fsp3) is 0.222. The highest BCUT2D eigenvalue weighted by Crippen LogP contribution is 2.18. The molecule has 0 saturated carbocycles. The quantitative estimate of drug-likeness (QED) is 0.945. The van der Waals surface area contributed by atoms with Crippen molar-refractivity contribution >= 4 is 17.6 Å². The second-order valence-electron chi connectivity index (χ2n) is 5.50. The van der Waals surface area contributed by atoms with E-state index in [0.29, 0.717) is 18.7 Å². The van der Waals surface area contributed by atoms with Crippen molar-refractivity contribution in [2.45, 2.75) is 0 Å². The molecule has 1 aliphatic heterocycles. The Hall–Kier alpha value is -2.82. The number of aromatic carboxylic acids is 1. The van der Waals surface area contributed by atoms with Crippen molar-refractivity contribution in [3.8, 4) is 0 Å². The number of hydrogen-bond acceptors (Lipinski definition) is 3. The maximum absolute atomic E-state index is 12.4. The number of carboxylic acid groups (broad SMARTS) is 1. The third kappa shape index (κ3) is 3.34. The van der Waals surface area contributed by atoms with E-state index in [1.54, 1.807) is 12.1 Å². The Morgan fingerprint density at radius 2 is 1.39 bits per heavy atom. The van der Waals surface area contributed by atoms with Gasteiger partial charge in [0.1, 0.15) is 0 Å². The number of piperazine rings is 1. The number of carbonyl (C=O) groups excluding carboxylic acids is 1. The van der Waals surface area contributed by atoms with Gasteiger partial charge in [-0.1, -0.05) is 18.2 Å². The van der Waals surface area contributed by atoms with Crippen molar-refractivity contribution in [1.82, 2.24) is 4.90 Å². The number of carboxylic acids is 1. The van der Waals surface area contributed by atoms with E-state index in [1.165, 1.54) is 0 Å². The van der Waals surface area contributed by atoms with Crippen molar-refractivity contribution in [3.63, 3.8) is 0 Å². The van der Waals surface area contributed by atoms with Gasteiger partial charge in [-0.3, -0.25) is 4.79 Å². The van der Waals surface area contributed by atoms with E-state index in [0.717, 1.165) is 18.8 Å². The van der Waals surface area contributed by atoms with Gasteiger partial charge in [-0.2, -0.15) is 0 Å². The fourth-order valence-electron chi connectivity index (χ4n) is 2.75. The molecule has 1 heterocycles. The number of hydrogen-bond donors (Lipinski definition) is 1. The molecule has 0 bridgehead atoms. The topological polar surface area (TPSA) is 60.9 Å². The first kappa shape index (κ1) is 15.1. The van der Waals surface area contributed by atoms with Gasteiger partial charge in [0.25, 0.3) is 5.91 Å². The molecule has 0 unspecified atom stereocenters. The van der Waals surface area contributed by atoms with Crippen molar-refractivity contribution in [2.75, 3.05) is 31.1 Å². The molecule has 3 rings (SSSR count). The van der Waals surface area contributed by atoms with Gasteiger partial charge >= 0.3 is 5.97 Å². The summed E-state index contributed by atoms with van der Waals surface area (Å²) in [6, 6.07) is 16.2. The highest BCUT2D eigenvalue weighted by atomic mass is 16.4. The molecule has 23 heavy (non-hydrogen) atoms. The van der Waals surface area contributed by atoms with Crippen LogP contribution in [0.1, 0.15) is 20.7 Å². The number of rotatable bonds is 3. The third-order valence-corrected chi connectivity index (χ3v) is 4.07. The highest BCUT2D eigenvalue weighted by molar-refractivity contribution is 5.94. The fourth-order valence-corrected chi connectivity index (χ4v) is 2.75. The van der Waals surface area contributed by atoms with Gasteiger partial charge in [0.2, 0.25) is 0 Å². The molecular formula is C18H18N2O3. The largest absolute Gasteiger partial charge is 0.478 e. The summed E-state index contributed by atoms with van der Waals surface area (Å²) in [6.45, 7) is 2.80. The number of benzene rings is 2. The van der Waals surface area contributed by atoms with Crippen LogP contribution in [0, 0.1) is 0 Å². The lowest BCUT2D eigenvalue weighted by Gasteiger charge is -2.36. The normalized spacial score (nSPS) is 14.6. The molecule has 1 saturated heterocycles. The summed E-state index contributed by atoms with van der Waals surface area (Å²) in [5, 5.41) is 8.93. The van der Waals surface area contributed by atoms with Gasteiger partial charge < -0.3 is 14.9 Å². The summed E-state index contributed by atoms with van der Waals surface area (Å²) in [5.41, 5.74) is 1.99. The second-order valence-corrected chi connectivity index (χ2v) is 5.50. The van der Waals surface area contributed by atoms with Crippen LogP contribution in [-0.4, -0.2) is 48.1 Å². The molecule has 2 aromatic carbocycles. The van der Waals surface area contributed by atoms with E-state index in [-0.39, 0.29) is 11.5 Å². The average Bonchev–Trinajstić information content (AvgIpc) is 2.62. The minimum absolute atomic E-state index is 0.0616. The van der Waals surface area contributed by atoms with Gasteiger partial charge in [-0.15, -0.1) is 0 Å². The number of carbonyl (C=O) groups is 2. The van der Waals surface area contributed by atoms with Gasteiger partial charge in [-0.25, -0.2) is 4.79 Å². The molecule has 0 atom stereocenters. The molecule has 0 aromatic heterocycles. The zero-order chi connectivity index (χ0) is 16.2. The molecule has 2 aromatic rings. The van der Waals surface area contributed by atoms with E-state index in [9.17, 15) is 9.59 Å². The summed E-state index contributed by atoms with van der Waals surface area (Å²) in [4.78, 5) is 27.3. The Bertz CT molecular complexity index is 690. The Morgan fingerprint density at radius 3 is 1.96 bits per heavy atom. The lowest BCUT2D eigenvalue weighted by atomic mass is 10.1. The smallest absolute Gasteiger partial charge is 0.335 e. The molecule has 118 valence electrons. The molecule has 5 nitrogen and oxygen atoms in total. The van der Waals surface area contributed by atoms with Crippen LogP contribution < -0.4 is 4.90 Å². The SMILES string of the molecule is O=C(O)c1ccc(N2CCN(C(=O)c3ccccc3)CC2)cc1. The van der Waals surface area contributed by atoms with Crippen LogP contribution in [0.5, 0.6) is 0 Å². The lowest BCUT2D eigenvalue weighted by Crippen LogP contribution is -2.48. The predicted molar refractivity (Wildman–Crippen MR) is 88.0 cm³/mol. The van der Waals surface area contributed by atoms with Gasteiger partial charge in [0, 0.05) is 37.4 Å². The van der Waals surface area contributed by atoms with E-state index >= 15 is 0 Å². The van der Waals surface area contributed by atoms with Crippen molar-refractivity contribution in [3.05, 3.63) is 65.7 Å². The summed E-state index contributed by atoms with van der Waals surface area (Å²) < 4.78 is 0. The summed E-state index contributed by atoms with van der Waals surface area (Å²) in [6.07, 6.45) is 0. The minimum atomic E-state index is -0.921. The minimum Gasteiger partial charge on any atom is -0.478 e. The molecule has 1 N–H and O–H groups in total. The monoisotopic (exact) mass is 310 g/mol. The molecule has 1 fully saturated rings. The first-order chi connectivity index (χ1) is 11.1. The number of amides is 1. The molecule has 0 spiro atoms. The standard InChI is InChI=1S/C18H18N2O3/c21-17(14-4-2-1-3-5-14)20-12-10-19(11-13-20)16-8-6-15(7-9-16)18(22)23/h1-9H,10-13H2,(H,22,23). The van der Waals surface area contributed by atoms with Crippen molar-refractivity contribution in [2.24, 2.45) is 0 Å². The van der Waals surface area contributed by atoms with Gasteiger partial charge in [0.15, 0.2) is 0 Å². The molecule has 1 amide bonds. The summed E-state index contributed by atoms with van der Waals surface area (Å²) in [7, 11) is 0. The molecular weight excluding hydrogens is 292 g/mol. The van der Waals surface area contributed by atoms with E-state index in [2.05, 4.69) is 4.90 Å². The van der Waals surface area contributed by atoms with Crippen molar-refractivity contribution < 1.29 is 14.7 Å². The highest BCUT2D eigenvalue weighted by Gasteiger charge is 2.22. The Kier molecular flexibility index (Phi) is 4.28. The zero-order valence-electron chi connectivity index (χ0n) is 12.7. The van der Waals surface area contributed by atoms with Crippen LogP contribution in [-0.2, 0) is 0 Å². The summed E-state index contributed by atoms with van der Waals surface area (Å²) in [5.74, 6) is -0.860. The lowest BCUT2D eigenvalue weighted by molar-refractivity contribution is 0.0695. The van der Waals surface area contributed by atoms with E-state index < -0.39 is 5.97 Å². The van der Waals surface area contributed by atoms with Crippen LogP contribution >= 0.6 is 0 Å². The number of anilines is 1. The first-order valence-corrected chi connectivity index (χ1v) is 7.58. The first-order valence-electron chi connectivity index (χ1n) is 7.58.